The normalized spacial score (nSPS) is 14.0. The summed E-state index contributed by atoms with van der Waals surface area (Å²) in [5, 5.41) is 23.4. The molecule has 708 valence electrons. The number of rotatable bonds is 16. The topological polar surface area (TPSA) is 182 Å². The Morgan fingerprint density at radius 3 is 1.02 bits per heavy atom. The third kappa shape index (κ3) is 62.6. The van der Waals surface area contributed by atoms with Gasteiger partial charge in [-0.3, -0.25) is 14.4 Å². The van der Waals surface area contributed by atoms with E-state index in [4.69, 9.17) is 45.4 Å². The molecule has 0 atom stereocenters. The maximum Gasteiger partial charge on any atom is 2.00 e. The van der Waals surface area contributed by atoms with Gasteiger partial charge in [0.2, 0.25) is 0 Å². The second-order valence-electron chi connectivity index (χ2n) is 39.6. The number of fused-ring (bicyclic) bond motifs is 1. The molecule has 3 fully saturated rings. The van der Waals surface area contributed by atoms with E-state index in [1.54, 1.807) is 65.8 Å². The molecular formula is C97H179N5Ni4O8P4S2+4. The van der Waals surface area contributed by atoms with Crippen LogP contribution >= 0.6 is 56.1 Å². The van der Waals surface area contributed by atoms with Crippen LogP contribution in [0.1, 0.15) is 335 Å². The second-order valence-corrected chi connectivity index (χ2v) is 57.8. The molecule has 0 heterocycles. The molecular weight excluding hydrogens is 1790 g/mol. The van der Waals surface area contributed by atoms with Crippen molar-refractivity contribution in [3.8, 4) is 0 Å². The zero-order chi connectivity index (χ0) is 87.0. The molecule has 3 aliphatic carbocycles. The van der Waals surface area contributed by atoms with E-state index in [1.165, 1.54) is 141 Å². The number of amidine groups is 1. The fraction of sp³-hybridized carbons (Fsp3) is 0.711. The molecule has 0 bridgehead atoms. The number of amides is 2. The summed E-state index contributed by atoms with van der Waals surface area (Å²) >= 11 is 11.3. The summed E-state index contributed by atoms with van der Waals surface area (Å²) in [5.41, 5.74) is 1.46. The Hall–Kier alpha value is -1.59. The Bertz CT molecular complexity index is 3110. The molecule has 23 heteroatoms. The van der Waals surface area contributed by atoms with Gasteiger partial charge < -0.3 is 79.8 Å². The van der Waals surface area contributed by atoms with Crippen molar-refractivity contribution in [3.05, 3.63) is 129 Å². The molecule has 3 aromatic carbocycles. The first-order valence-electron chi connectivity index (χ1n) is 42.1. The van der Waals surface area contributed by atoms with Gasteiger partial charge in [-0.2, -0.15) is 0 Å². The molecule has 0 radical (unpaired) electrons. The SMILES string of the molecule is CC(C)(C)[PH+](CC(=NC1CCCCC1)[N-]C1CCCCC1)C(C)(C)C.CC(C)(C)[PH+](CC(=O)[N-]C(=O)c1ccccc1)C(C)(C)C.CC(C)(C)[PH+](CC(=S)[N-]C1CCCCC1)C(C)(C)C.CC(C)(C)[PH+](CC(=S)[N-]c1cccc2ccccc12)C(C)(C)C.CCC.COC(=O)C(C)C.COC(=O)C(C)C.COC(=O)C(C)C.[CH3-].[CH3-].[CH3-].[CH3-].[Ni+2].[Ni+2].[Ni+2].[Ni+2]. The fourth-order valence-corrected chi connectivity index (χ4v) is 30.7. The first-order valence-corrected chi connectivity index (χ1v) is 49.8. The number of nitrogens with zero attached hydrogens (tertiary/aromatic N) is 5. The molecule has 3 aliphatic rings. The van der Waals surface area contributed by atoms with Crippen LogP contribution in [-0.2, 0) is 99.4 Å². The second kappa shape index (κ2) is 68.5. The third-order valence-electron chi connectivity index (χ3n) is 19.6. The van der Waals surface area contributed by atoms with Crippen LogP contribution in [0.4, 0.5) is 5.69 Å². The van der Waals surface area contributed by atoms with Crippen LogP contribution in [0.2, 0.25) is 0 Å². The summed E-state index contributed by atoms with van der Waals surface area (Å²) < 4.78 is 13.1. The Morgan fingerprint density at radius 1 is 0.400 bits per heavy atom. The van der Waals surface area contributed by atoms with Crippen molar-refractivity contribution in [2.75, 3.05) is 46.0 Å². The number of hydrogen-bond donors (Lipinski definition) is 0. The van der Waals surface area contributed by atoms with Crippen molar-refractivity contribution in [1.29, 1.82) is 0 Å². The maximum atomic E-state index is 12.2. The van der Waals surface area contributed by atoms with E-state index in [9.17, 15) is 24.0 Å². The largest absolute Gasteiger partial charge is 2.00 e. The first-order chi connectivity index (χ1) is 51.3. The van der Waals surface area contributed by atoms with Gasteiger partial charge in [-0.1, -0.05) is 247 Å². The van der Waals surface area contributed by atoms with Crippen molar-refractivity contribution >= 4 is 118 Å². The van der Waals surface area contributed by atoms with Crippen LogP contribution < -0.4 is 0 Å². The summed E-state index contributed by atoms with van der Waals surface area (Å²) in [4.78, 5) is 62.1. The van der Waals surface area contributed by atoms with Gasteiger partial charge in [0.05, 0.1) is 117 Å². The predicted molar refractivity (Wildman–Crippen MR) is 539 cm³/mol. The summed E-state index contributed by atoms with van der Waals surface area (Å²) in [7, 11) is 1.34. The average molecular weight is 1970 g/mol. The van der Waals surface area contributed by atoms with Gasteiger partial charge in [-0.05, 0) is 195 Å². The molecule has 2 amide bonds. The van der Waals surface area contributed by atoms with E-state index in [1.807, 2.05) is 6.07 Å². The van der Waals surface area contributed by atoms with E-state index in [2.05, 4.69) is 242 Å². The van der Waals surface area contributed by atoms with E-state index in [0.717, 1.165) is 34.2 Å². The summed E-state index contributed by atoms with van der Waals surface area (Å²) in [5.74, 6) is 0.0740. The molecule has 0 aromatic heterocycles. The summed E-state index contributed by atoms with van der Waals surface area (Å²) in [6, 6.07) is 25.0. The van der Waals surface area contributed by atoms with Crippen molar-refractivity contribution in [2.24, 2.45) is 22.7 Å². The number of hydrogen-bond acceptors (Lipinski definition) is 11. The van der Waals surface area contributed by atoms with Gasteiger partial charge >= 0.3 is 83.9 Å². The zero-order valence-corrected chi connectivity index (χ0v) is 92.7. The van der Waals surface area contributed by atoms with Gasteiger partial charge in [0.25, 0.3) is 0 Å². The average Bonchev–Trinajstić information content (AvgIpc) is 1.60. The van der Waals surface area contributed by atoms with E-state index in [0.29, 0.717) is 60.8 Å². The van der Waals surface area contributed by atoms with Crippen LogP contribution in [0.3, 0.4) is 0 Å². The minimum absolute atomic E-state index is 0. The van der Waals surface area contributed by atoms with Crippen LogP contribution in [0.25, 0.3) is 32.0 Å². The van der Waals surface area contributed by atoms with E-state index >= 15 is 0 Å². The van der Waals surface area contributed by atoms with Gasteiger partial charge in [0, 0.05) is 31.7 Å². The monoisotopic (exact) mass is 1960 g/mol. The number of methoxy groups -OCH3 is 3. The maximum absolute atomic E-state index is 12.2. The quantitative estimate of drug-likeness (QED) is 0.0196. The van der Waals surface area contributed by atoms with Crippen molar-refractivity contribution in [1.82, 2.24) is 0 Å². The number of ether oxygens (including phenoxy) is 3. The third-order valence-corrected chi connectivity index (χ3v) is 37.7. The van der Waals surface area contributed by atoms with Crippen molar-refractivity contribution < 1.29 is 104 Å². The molecule has 0 aliphatic heterocycles. The van der Waals surface area contributed by atoms with Gasteiger partial charge in [-0.15, -0.1) is 36.2 Å². The predicted octanol–water partition coefficient (Wildman–Crippen LogP) is 30.2. The van der Waals surface area contributed by atoms with Crippen LogP contribution in [0.5, 0.6) is 0 Å². The van der Waals surface area contributed by atoms with E-state index in [-0.39, 0.29) is 148 Å². The molecule has 0 unspecified atom stereocenters. The van der Waals surface area contributed by atoms with Crippen molar-refractivity contribution in [2.45, 2.75) is 384 Å². The zero-order valence-electron chi connectivity index (χ0n) is 83.1. The molecule has 0 N–H and O–H groups in total. The van der Waals surface area contributed by atoms with Crippen LogP contribution in [0, 0.1) is 47.5 Å². The number of thiocarbonyl (C=S) groups is 2. The number of aliphatic imine (C=N–C) groups is 1. The van der Waals surface area contributed by atoms with Crippen LogP contribution in [-0.4, -0.2) is 151 Å². The Balaban J connectivity index is -0.000000151. The molecule has 0 saturated heterocycles. The standard InChI is InChI=1S/C22H42N2P.C20H28NPS.C17H26NO2P.C16H32NPS.3C5H10O2.C3H8.4CH3.4Ni/c1-21(2,3)25(22(4,5)6)17-20(23-18-13-9-7-10-14-18)24-19-15-11-8-12-16-19;1-19(2,3)22(20(4,5)6)14-18(23)21-17-13-9-11-15-10-7-8-12-16(15)17;1-16(2,3)21(17(4,5)6)12-14(19)18-15(20)13-10-8-7-9-11-13;1-15(2,3)18(16(4,5)6)12-14(19)17-13-10-8-7-9-11-13;3*1-4(2)5(6)7-3;1-3-2;;;;;;;;/h18-19H,7-17H2,1-6H3;7-13H,14H2,1-6H3,(H,21,23);7-11H,12H2,1-6H3,(H,18,19,20);13H,7-12H2,1-6H3,(H,17,19);3*4H,1-3H3;3H2,1-2H3;4*1H3;;;;/q-1;;;;;;;;4*-1;4*+2/p+1. The molecule has 0 spiro atoms. The Labute approximate surface area is 797 Å². The first kappa shape index (κ1) is 139. The summed E-state index contributed by atoms with van der Waals surface area (Å²) in [6.45, 7) is 70.9. The van der Waals surface area contributed by atoms with Gasteiger partial charge in [-0.25, -0.2) is 0 Å². The van der Waals surface area contributed by atoms with Crippen LogP contribution in [0.15, 0.2) is 77.8 Å². The number of carbonyl (C=O) groups is 5. The minimum atomic E-state index is -0.997. The van der Waals surface area contributed by atoms with Gasteiger partial charge in [0.15, 0.2) is 0 Å². The molecule has 120 heavy (non-hydrogen) atoms. The molecule has 13 nitrogen and oxygen atoms in total. The minimum Gasteiger partial charge on any atom is -0.673 e. The number of carbonyl (C=O) groups excluding carboxylic acids is 5. The number of esters is 3. The Morgan fingerprint density at radius 2 is 0.692 bits per heavy atom. The molecule has 6 rings (SSSR count). The van der Waals surface area contributed by atoms with Crippen molar-refractivity contribution in [3.63, 3.8) is 0 Å². The molecule has 3 aromatic rings. The smallest absolute Gasteiger partial charge is 0.673 e. The van der Waals surface area contributed by atoms with Gasteiger partial charge in [0.1, 0.15) is 0 Å². The fourth-order valence-electron chi connectivity index (χ4n) is 14.6. The Kier molecular flexibility index (Phi) is 79.3. The van der Waals surface area contributed by atoms with E-state index < -0.39 is 37.6 Å². The number of imide groups is 1. The summed E-state index contributed by atoms with van der Waals surface area (Å²) in [6.07, 6.45) is 24.8. The molecule has 3 saturated carbocycles. The number of benzene rings is 3.